The highest BCUT2D eigenvalue weighted by atomic mass is 35.5. The summed E-state index contributed by atoms with van der Waals surface area (Å²) < 4.78 is 2.02. The predicted octanol–water partition coefficient (Wildman–Crippen LogP) is 4.48. The van der Waals surface area contributed by atoms with Gasteiger partial charge in [-0.25, -0.2) is 4.98 Å². The topological polar surface area (TPSA) is 17.8 Å². The van der Waals surface area contributed by atoms with E-state index in [4.69, 9.17) is 16.6 Å². The Bertz CT molecular complexity index is 892. The third-order valence-electron chi connectivity index (χ3n) is 3.66. The number of para-hydroxylation sites is 2. The van der Waals surface area contributed by atoms with Gasteiger partial charge in [0.15, 0.2) is 0 Å². The summed E-state index contributed by atoms with van der Waals surface area (Å²) in [6.07, 6.45) is 0. The number of hydrogen-bond acceptors (Lipinski definition) is 1. The fourth-order valence-corrected chi connectivity index (χ4v) is 3.01. The summed E-state index contributed by atoms with van der Waals surface area (Å²) >= 11 is 6.55. The fraction of sp³-hybridized carbons (Fsp3) is 0.0625. The Labute approximate surface area is 115 Å². The average Bonchev–Trinajstić information content (AvgIpc) is 2.84. The highest BCUT2D eigenvalue weighted by Crippen LogP contribution is 2.41. The zero-order chi connectivity index (χ0) is 13.0. The first-order chi connectivity index (χ1) is 9.27. The van der Waals surface area contributed by atoms with Crippen LogP contribution >= 0.6 is 11.6 Å². The van der Waals surface area contributed by atoms with Crippen molar-refractivity contribution >= 4 is 33.4 Å². The normalized spacial score (nSPS) is 11.7. The van der Waals surface area contributed by atoms with Crippen molar-refractivity contribution in [2.45, 2.75) is 0 Å². The van der Waals surface area contributed by atoms with Gasteiger partial charge in [-0.2, -0.15) is 0 Å². The van der Waals surface area contributed by atoms with Crippen molar-refractivity contribution in [1.82, 2.24) is 9.55 Å². The monoisotopic (exact) mass is 266 g/mol. The SMILES string of the molecule is Cn1c(Cl)c2c3ccccc3nc-2c2ccccc21. The van der Waals surface area contributed by atoms with E-state index in [0.717, 1.165) is 38.2 Å². The van der Waals surface area contributed by atoms with Gasteiger partial charge in [0.25, 0.3) is 0 Å². The lowest BCUT2D eigenvalue weighted by atomic mass is 10.1. The number of hydrogen-bond donors (Lipinski definition) is 0. The van der Waals surface area contributed by atoms with Crippen molar-refractivity contribution in [3.05, 3.63) is 53.7 Å². The molecule has 0 aromatic heterocycles. The molecule has 0 unspecified atom stereocenters. The van der Waals surface area contributed by atoms with Crippen LogP contribution in [0.2, 0.25) is 5.15 Å². The highest BCUT2D eigenvalue weighted by Gasteiger charge is 2.20. The summed E-state index contributed by atoms with van der Waals surface area (Å²) in [5, 5.41) is 2.99. The van der Waals surface area contributed by atoms with E-state index in [1.54, 1.807) is 0 Å². The van der Waals surface area contributed by atoms with Crippen LogP contribution < -0.4 is 0 Å². The Balaban J connectivity index is 2.36. The minimum absolute atomic E-state index is 0.738. The van der Waals surface area contributed by atoms with Crippen LogP contribution in [0.1, 0.15) is 0 Å². The standard InChI is InChI=1S/C16H11ClN2/c1-19-13-9-5-3-7-11(13)15-14(16(19)17)10-6-2-4-8-12(10)18-15/h2-9H,1H3. The molecule has 4 rings (SSSR count). The number of aryl methyl sites for hydroxylation is 1. The second-order valence-corrected chi connectivity index (χ2v) is 5.08. The lowest BCUT2D eigenvalue weighted by Gasteiger charge is -2.13. The van der Waals surface area contributed by atoms with Gasteiger partial charge >= 0.3 is 0 Å². The van der Waals surface area contributed by atoms with Crippen molar-refractivity contribution in [3.63, 3.8) is 0 Å². The van der Waals surface area contributed by atoms with Gasteiger partial charge in [-0.3, -0.25) is 0 Å². The molecule has 0 saturated carbocycles. The van der Waals surface area contributed by atoms with Crippen LogP contribution in [0.5, 0.6) is 0 Å². The fourth-order valence-electron chi connectivity index (χ4n) is 2.73. The van der Waals surface area contributed by atoms with Crippen LogP contribution in [0.15, 0.2) is 48.5 Å². The number of benzene rings is 2. The summed E-state index contributed by atoms with van der Waals surface area (Å²) in [6, 6.07) is 16.4. The van der Waals surface area contributed by atoms with E-state index in [1.807, 2.05) is 41.9 Å². The lowest BCUT2D eigenvalue weighted by Crippen LogP contribution is -1.98. The molecule has 92 valence electrons. The van der Waals surface area contributed by atoms with Gasteiger partial charge in [0.1, 0.15) is 5.15 Å². The molecule has 2 aromatic carbocycles. The van der Waals surface area contributed by atoms with Gasteiger partial charge in [0, 0.05) is 23.4 Å². The van der Waals surface area contributed by atoms with Gasteiger partial charge in [-0.05, 0) is 12.1 Å². The molecule has 2 nitrogen and oxygen atoms in total. The molecule has 19 heavy (non-hydrogen) atoms. The first kappa shape index (κ1) is 10.8. The smallest absolute Gasteiger partial charge is 0.119 e. The zero-order valence-electron chi connectivity index (χ0n) is 10.4. The second-order valence-electron chi connectivity index (χ2n) is 4.72. The van der Waals surface area contributed by atoms with Crippen LogP contribution in [0.25, 0.3) is 33.1 Å². The number of pyridine rings is 1. The van der Waals surface area contributed by atoms with E-state index in [0.29, 0.717) is 0 Å². The molecule has 2 aliphatic heterocycles. The average molecular weight is 267 g/mol. The third-order valence-corrected chi connectivity index (χ3v) is 4.11. The molecule has 0 atom stereocenters. The van der Waals surface area contributed by atoms with E-state index >= 15 is 0 Å². The molecule has 0 fully saturated rings. The Morgan fingerprint density at radius 2 is 1.63 bits per heavy atom. The maximum absolute atomic E-state index is 6.55. The lowest BCUT2D eigenvalue weighted by molar-refractivity contribution is 0.956. The van der Waals surface area contributed by atoms with E-state index in [1.165, 1.54) is 0 Å². The van der Waals surface area contributed by atoms with Crippen molar-refractivity contribution in [1.29, 1.82) is 0 Å². The van der Waals surface area contributed by atoms with Gasteiger partial charge in [0.2, 0.25) is 0 Å². The number of fused-ring (bicyclic) bond motifs is 5. The summed E-state index contributed by atoms with van der Waals surface area (Å²) in [5.74, 6) is 0. The van der Waals surface area contributed by atoms with Crippen LogP contribution in [-0.2, 0) is 7.05 Å². The van der Waals surface area contributed by atoms with Gasteiger partial charge in [-0.15, -0.1) is 0 Å². The van der Waals surface area contributed by atoms with Crippen molar-refractivity contribution in [3.8, 4) is 11.3 Å². The molecule has 0 spiro atoms. The summed E-state index contributed by atoms with van der Waals surface area (Å²) in [5.41, 5.74) is 4.12. The molecular weight excluding hydrogens is 256 g/mol. The Hall–Kier alpha value is -2.06. The van der Waals surface area contributed by atoms with E-state index < -0.39 is 0 Å². The molecule has 0 N–H and O–H groups in total. The molecule has 2 aliphatic rings. The quantitative estimate of drug-likeness (QED) is 0.429. The molecule has 2 heterocycles. The minimum atomic E-state index is 0.738. The van der Waals surface area contributed by atoms with Gasteiger partial charge < -0.3 is 4.57 Å². The minimum Gasteiger partial charge on any atom is -0.334 e. The number of halogens is 1. The molecule has 0 saturated heterocycles. The summed E-state index contributed by atoms with van der Waals surface area (Å²) in [6.45, 7) is 0. The number of nitrogens with zero attached hydrogens (tertiary/aromatic N) is 2. The maximum atomic E-state index is 6.55. The Morgan fingerprint density at radius 1 is 0.947 bits per heavy atom. The molecule has 2 aromatic rings. The van der Waals surface area contributed by atoms with Gasteiger partial charge in [-0.1, -0.05) is 48.0 Å². The molecule has 0 radical (unpaired) electrons. The third kappa shape index (κ3) is 1.35. The summed E-state index contributed by atoms with van der Waals surface area (Å²) in [7, 11) is 1.99. The van der Waals surface area contributed by atoms with Crippen LogP contribution in [0.3, 0.4) is 0 Å². The number of aromatic nitrogens is 2. The van der Waals surface area contributed by atoms with Crippen molar-refractivity contribution in [2.75, 3.05) is 0 Å². The Morgan fingerprint density at radius 3 is 2.47 bits per heavy atom. The molecule has 3 heteroatoms. The second kappa shape index (κ2) is 3.72. The highest BCUT2D eigenvalue weighted by molar-refractivity contribution is 6.35. The van der Waals surface area contributed by atoms with E-state index in [-0.39, 0.29) is 0 Å². The number of rotatable bonds is 0. The van der Waals surface area contributed by atoms with Crippen LogP contribution in [0.4, 0.5) is 0 Å². The summed E-state index contributed by atoms with van der Waals surface area (Å²) in [4.78, 5) is 4.75. The molecule has 0 amide bonds. The van der Waals surface area contributed by atoms with Crippen LogP contribution in [-0.4, -0.2) is 9.55 Å². The van der Waals surface area contributed by atoms with Crippen molar-refractivity contribution in [2.24, 2.45) is 7.05 Å². The first-order valence-electron chi connectivity index (χ1n) is 6.19. The first-order valence-corrected chi connectivity index (χ1v) is 6.56. The molecule has 0 aliphatic carbocycles. The maximum Gasteiger partial charge on any atom is 0.119 e. The predicted molar refractivity (Wildman–Crippen MR) is 79.9 cm³/mol. The van der Waals surface area contributed by atoms with E-state index in [2.05, 4.69) is 18.2 Å². The molecular formula is C16H11ClN2. The van der Waals surface area contributed by atoms with Gasteiger partial charge in [0.05, 0.1) is 16.7 Å². The van der Waals surface area contributed by atoms with E-state index in [9.17, 15) is 0 Å². The largest absolute Gasteiger partial charge is 0.334 e. The van der Waals surface area contributed by atoms with Crippen LogP contribution in [0, 0.1) is 0 Å². The Kier molecular flexibility index (Phi) is 2.12. The van der Waals surface area contributed by atoms with Crippen molar-refractivity contribution < 1.29 is 0 Å². The zero-order valence-corrected chi connectivity index (χ0v) is 11.1. The molecule has 0 bridgehead atoms.